The molecule has 0 bridgehead atoms. The van der Waals surface area contributed by atoms with Crippen LogP contribution in [-0.2, 0) is 29.2 Å². The molecule has 6 rings (SSSR count). The van der Waals surface area contributed by atoms with Gasteiger partial charge in [-0.25, -0.2) is 14.8 Å². The van der Waals surface area contributed by atoms with E-state index in [9.17, 15) is 9.90 Å². The lowest BCUT2D eigenvalue weighted by Crippen LogP contribution is -2.38. The van der Waals surface area contributed by atoms with Crippen molar-refractivity contribution in [3.05, 3.63) is 149 Å². The van der Waals surface area contributed by atoms with Gasteiger partial charge in [0.2, 0.25) is 0 Å². The zero-order valence-corrected chi connectivity index (χ0v) is 27.0. The van der Waals surface area contributed by atoms with E-state index in [1.54, 1.807) is 24.2 Å². The molecule has 9 heteroatoms. The van der Waals surface area contributed by atoms with E-state index in [0.29, 0.717) is 24.0 Å². The van der Waals surface area contributed by atoms with Crippen molar-refractivity contribution in [2.24, 2.45) is 5.92 Å². The van der Waals surface area contributed by atoms with Crippen LogP contribution in [0.5, 0.6) is 0 Å². The first-order valence-electron chi connectivity index (χ1n) is 15.7. The van der Waals surface area contributed by atoms with E-state index in [4.69, 9.17) is 9.47 Å². The van der Waals surface area contributed by atoms with E-state index >= 15 is 0 Å². The molecule has 0 radical (unpaired) electrons. The number of aliphatic hydroxyl groups excluding tert-OH is 1. The first-order chi connectivity index (χ1) is 23.1. The standard InChI is InChI=1S/C38H38N4O4S/c1-26-34(25-47-38-39-19-6-20-40-38)45-36(46-35(26)31-13-11-28(24-43)12-14-31)32-17-15-30(16-18-32)33-10-5-9-29(21-33)23-42-37(44)41-22-27-7-3-2-4-8-27/h2-21,26,34-36,43H,22-25H2,1H3,(H2,41,42,44)/t26-,34+,35+,36+/m0/s1. The van der Waals surface area contributed by atoms with Crippen LogP contribution in [0.15, 0.2) is 127 Å². The van der Waals surface area contributed by atoms with Crippen LogP contribution in [0.3, 0.4) is 0 Å². The average molecular weight is 647 g/mol. The van der Waals surface area contributed by atoms with Gasteiger partial charge in [0, 0.05) is 42.7 Å². The summed E-state index contributed by atoms with van der Waals surface area (Å²) in [6.45, 7) is 3.04. The molecule has 240 valence electrons. The summed E-state index contributed by atoms with van der Waals surface area (Å²) in [7, 11) is 0. The maximum Gasteiger partial charge on any atom is 0.315 e. The molecule has 5 aromatic rings. The van der Waals surface area contributed by atoms with Gasteiger partial charge in [-0.05, 0) is 45.5 Å². The highest BCUT2D eigenvalue weighted by molar-refractivity contribution is 7.99. The van der Waals surface area contributed by atoms with Gasteiger partial charge in [0.15, 0.2) is 11.4 Å². The molecule has 4 aromatic carbocycles. The Morgan fingerprint density at radius 3 is 2.15 bits per heavy atom. The fraction of sp³-hybridized carbons (Fsp3) is 0.237. The molecule has 0 unspecified atom stereocenters. The predicted molar refractivity (Wildman–Crippen MR) is 183 cm³/mol. The lowest BCUT2D eigenvalue weighted by molar-refractivity contribution is -0.268. The van der Waals surface area contributed by atoms with Crippen LogP contribution in [0.1, 0.15) is 47.1 Å². The van der Waals surface area contributed by atoms with Crippen molar-refractivity contribution in [2.75, 3.05) is 5.75 Å². The van der Waals surface area contributed by atoms with E-state index in [1.807, 2.05) is 84.9 Å². The summed E-state index contributed by atoms with van der Waals surface area (Å²) < 4.78 is 13.2. The minimum atomic E-state index is -0.560. The van der Waals surface area contributed by atoms with Crippen LogP contribution in [0.25, 0.3) is 11.1 Å². The highest BCUT2D eigenvalue weighted by atomic mass is 32.2. The molecule has 1 aromatic heterocycles. The highest BCUT2D eigenvalue weighted by Crippen LogP contribution is 2.43. The number of carbonyl (C=O) groups is 1. The van der Waals surface area contributed by atoms with E-state index in [-0.39, 0.29) is 30.8 Å². The van der Waals surface area contributed by atoms with Crippen molar-refractivity contribution in [3.8, 4) is 11.1 Å². The summed E-state index contributed by atoms with van der Waals surface area (Å²) in [6, 6.07) is 35.8. The van der Waals surface area contributed by atoms with Crippen molar-refractivity contribution in [2.45, 2.75) is 50.3 Å². The second-order valence-corrected chi connectivity index (χ2v) is 12.5. The third kappa shape index (κ3) is 8.64. The summed E-state index contributed by atoms with van der Waals surface area (Å²) in [5.74, 6) is 0.748. The number of ether oxygens (including phenoxy) is 2. The smallest absolute Gasteiger partial charge is 0.315 e. The van der Waals surface area contributed by atoms with Gasteiger partial charge >= 0.3 is 6.03 Å². The third-order valence-electron chi connectivity index (χ3n) is 8.23. The number of nitrogens with zero attached hydrogens (tertiary/aromatic N) is 2. The van der Waals surface area contributed by atoms with Gasteiger partial charge in [0.25, 0.3) is 0 Å². The molecular formula is C38H38N4O4S. The molecule has 1 aliphatic heterocycles. The van der Waals surface area contributed by atoms with Crippen molar-refractivity contribution < 1.29 is 19.4 Å². The molecule has 2 amide bonds. The Bertz CT molecular complexity index is 1720. The highest BCUT2D eigenvalue weighted by Gasteiger charge is 2.38. The number of hydrogen-bond donors (Lipinski definition) is 3. The monoisotopic (exact) mass is 646 g/mol. The number of thioether (sulfide) groups is 1. The Balaban J connectivity index is 1.13. The molecule has 47 heavy (non-hydrogen) atoms. The fourth-order valence-electron chi connectivity index (χ4n) is 5.54. The summed E-state index contributed by atoms with van der Waals surface area (Å²) in [4.78, 5) is 21.1. The van der Waals surface area contributed by atoms with Crippen LogP contribution in [0.4, 0.5) is 4.79 Å². The number of hydrogen-bond acceptors (Lipinski definition) is 7. The number of aromatic nitrogens is 2. The second-order valence-electron chi connectivity index (χ2n) is 11.5. The quantitative estimate of drug-likeness (QED) is 0.103. The normalized spacial score (nSPS) is 19.2. The molecule has 3 N–H and O–H groups in total. The van der Waals surface area contributed by atoms with Crippen LogP contribution in [0, 0.1) is 5.92 Å². The van der Waals surface area contributed by atoms with E-state index < -0.39 is 6.29 Å². The molecule has 0 aliphatic carbocycles. The molecule has 8 nitrogen and oxygen atoms in total. The minimum absolute atomic E-state index is 0.000704. The second kappa shape index (κ2) is 15.8. The van der Waals surface area contributed by atoms with Crippen molar-refractivity contribution >= 4 is 17.8 Å². The zero-order chi connectivity index (χ0) is 32.4. The number of benzene rings is 4. The largest absolute Gasteiger partial charge is 0.392 e. The average Bonchev–Trinajstić information content (AvgIpc) is 3.14. The Kier molecular flexibility index (Phi) is 10.9. The third-order valence-corrected chi connectivity index (χ3v) is 9.20. The van der Waals surface area contributed by atoms with Gasteiger partial charge in [-0.15, -0.1) is 0 Å². The number of amides is 2. The molecule has 4 atom stereocenters. The number of urea groups is 1. The summed E-state index contributed by atoms with van der Waals surface area (Å²) in [6.07, 6.45) is 2.62. The van der Waals surface area contributed by atoms with Crippen LogP contribution in [-0.4, -0.2) is 33.0 Å². The first-order valence-corrected chi connectivity index (χ1v) is 16.7. The molecule has 0 spiro atoms. The Morgan fingerprint density at radius 1 is 0.745 bits per heavy atom. The van der Waals surface area contributed by atoms with Crippen LogP contribution < -0.4 is 10.6 Å². The molecule has 0 saturated carbocycles. The van der Waals surface area contributed by atoms with E-state index in [0.717, 1.165) is 38.9 Å². The molecular weight excluding hydrogens is 609 g/mol. The van der Waals surface area contributed by atoms with Crippen molar-refractivity contribution in [1.29, 1.82) is 0 Å². The van der Waals surface area contributed by atoms with Crippen molar-refractivity contribution in [1.82, 2.24) is 20.6 Å². The van der Waals surface area contributed by atoms with E-state index in [1.165, 1.54) is 0 Å². The number of rotatable bonds is 11. The zero-order valence-electron chi connectivity index (χ0n) is 26.2. The molecule has 2 heterocycles. The lowest BCUT2D eigenvalue weighted by Gasteiger charge is -2.41. The van der Waals surface area contributed by atoms with Gasteiger partial charge in [-0.3, -0.25) is 0 Å². The SMILES string of the molecule is C[C@H]1[C@@H](CSc2ncccn2)O[C@@H](c2ccc(-c3cccc(CNC(=O)NCc4ccccc4)c3)cc2)O[C@H]1c1ccc(CO)cc1. The topological polar surface area (TPSA) is 106 Å². The van der Waals surface area contributed by atoms with Gasteiger partial charge in [-0.2, -0.15) is 0 Å². The molecule has 1 aliphatic rings. The first kappa shape index (κ1) is 32.4. The maximum absolute atomic E-state index is 12.4. The van der Waals surface area contributed by atoms with Crippen LogP contribution >= 0.6 is 11.8 Å². The molecule has 1 fully saturated rings. The van der Waals surface area contributed by atoms with Gasteiger partial charge in [0.05, 0.1) is 18.8 Å². The summed E-state index contributed by atoms with van der Waals surface area (Å²) in [5.41, 5.74) is 7.00. The minimum Gasteiger partial charge on any atom is -0.392 e. The predicted octanol–water partition coefficient (Wildman–Crippen LogP) is 7.22. The van der Waals surface area contributed by atoms with Gasteiger partial charge in [0.1, 0.15) is 0 Å². The van der Waals surface area contributed by atoms with Crippen molar-refractivity contribution in [3.63, 3.8) is 0 Å². The Labute approximate surface area is 279 Å². The van der Waals surface area contributed by atoms with Gasteiger partial charge in [-0.1, -0.05) is 116 Å². The Hall–Kier alpha value is -4.54. The number of carbonyl (C=O) groups excluding carboxylic acids is 1. The van der Waals surface area contributed by atoms with Crippen LogP contribution in [0.2, 0.25) is 0 Å². The van der Waals surface area contributed by atoms with Gasteiger partial charge < -0.3 is 25.2 Å². The number of aliphatic hydroxyl groups is 1. The molecule has 1 saturated heterocycles. The van der Waals surface area contributed by atoms with E-state index in [2.05, 4.69) is 51.8 Å². The Morgan fingerprint density at radius 2 is 1.43 bits per heavy atom. The summed E-state index contributed by atoms with van der Waals surface area (Å²) >= 11 is 1.57. The lowest BCUT2D eigenvalue weighted by atomic mass is 9.91. The summed E-state index contributed by atoms with van der Waals surface area (Å²) in [5, 5.41) is 16.1. The fourth-order valence-corrected chi connectivity index (χ4v) is 6.51. The maximum atomic E-state index is 12.4. The number of nitrogens with one attached hydrogen (secondary N) is 2.